The van der Waals surface area contributed by atoms with Crippen LogP contribution >= 0.6 is 11.3 Å². The van der Waals surface area contributed by atoms with Gasteiger partial charge in [-0.05, 0) is 46.2 Å². The van der Waals surface area contributed by atoms with Crippen molar-refractivity contribution >= 4 is 11.3 Å². The Morgan fingerprint density at radius 3 is 2.95 bits per heavy atom. The summed E-state index contributed by atoms with van der Waals surface area (Å²) in [5, 5.41) is 4.22. The molecule has 0 aliphatic heterocycles. The molecule has 0 aliphatic rings. The summed E-state index contributed by atoms with van der Waals surface area (Å²) in [7, 11) is 0. The molecule has 1 radical (unpaired) electrons. The van der Waals surface area contributed by atoms with Crippen LogP contribution in [-0.2, 0) is 0 Å². The van der Waals surface area contributed by atoms with Crippen LogP contribution in [0.1, 0.15) is 0 Å². The van der Waals surface area contributed by atoms with Crippen molar-refractivity contribution in [2.45, 2.75) is 0 Å². The van der Waals surface area contributed by atoms with Gasteiger partial charge in [0, 0.05) is 24.0 Å². The highest BCUT2D eigenvalue weighted by Crippen LogP contribution is 2.29. The highest BCUT2D eigenvalue weighted by atomic mass is 32.1. The minimum atomic E-state index is 0.747. The van der Waals surface area contributed by atoms with E-state index in [0.717, 1.165) is 17.2 Å². The van der Waals surface area contributed by atoms with Gasteiger partial charge in [0.25, 0.3) is 0 Å². The Bertz CT molecular complexity index is 845. The lowest BCUT2D eigenvalue weighted by atomic mass is 10.0. The molecule has 0 fully saturated rings. The molecule has 4 heteroatoms. The third-order valence-corrected chi connectivity index (χ3v) is 3.96. The number of hydrogen-bond donors (Lipinski definition) is 0. The van der Waals surface area contributed by atoms with Gasteiger partial charge in [-0.3, -0.25) is 4.57 Å². The Hall–Kier alpha value is -2.59. The van der Waals surface area contributed by atoms with Gasteiger partial charge in [-0.25, -0.2) is 4.98 Å². The minimum Gasteiger partial charge on any atom is -0.440 e. The fourth-order valence-corrected chi connectivity index (χ4v) is 2.88. The predicted octanol–water partition coefficient (Wildman–Crippen LogP) is 4.66. The SMILES string of the molecule is [c]1ccc(-c2ccsc2)cc1-c1ccc(-n2ccnc2)o1. The maximum absolute atomic E-state index is 5.88. The van der Waals surface area contributed by atoms with Crippen LogP contribution in [0.25, 0.3) is 28.3 Å². The number of thiophene rings is 1. The highest BCUT2D eigenvalue weighted by Gasteiger charge is 2.08. The topological polar surface area (TPSA) is 31.0 Å². The van der Waals surface area contributed by atoms with Crippen LogP contribution in [0.2, 0.25) is 0 Å². The molecule has 0 saturated carbocycles. The lowest BCUT2D eigenvalue weighted by Crippen LogP contribution is -1.85. The molecular weight excluding hydrogens is 280 g/mol. The van der Waals surface area contributed by atoms with Crippen LogP contribution < -0.4 is 0 Å². The minimum absolute atomic E-state index is 0.747. The second kappa shape index (κ2) is 5.07. The van der Waals surface area contributed by atoms with E-state index >= 15 is 0 Å². The van der Waals surface area contributed by atoms with Crippen molar-refractivity contribution in [3.8, 4) is 28.3 Å². The predicted molar refractivity (Wildman–Crippen MR) is 83.4 cm³/mol. The third-order valence-electron chi connectivity index (χ3n) is 3.27. The standard InChI is InChI=1S/C17H11N2OS/c1-2-13(15-6-9-21-11-15)10-14(3-1)16-4-5-17(20-16)19-8-7-18-12-19/h1-2,4-12H. The molecule has 101 valence electrons. The summed E-state index contributed by atoms with van der Waals surface area (Å²) in [6.07, 6.45) is 5.30. The number of imidazole rings is 1. The van der Waals surface area contributed by atoms with Gasteiger partial charge in [-0.2, -0.15) is 11.3 Å². The van der Waals surface area contributed by atoms with Crippen LogP contribution in [0.3, 0.4) is 0 Å². The van der Waals surface area contributed by atoms with E-state index in [1.165, 1.54) is 11.1 Å². The second-order valence-corrected chi connectivity index (χ2v) is 5.39. The van der Waals surface area contributed by atoms with E-state index in [0.29, 0.717) is 0 Å². The molecule has 0 atom stereocenters. The normalized spacial score (nSPS) is 10.9. The molecule has 0 amide bonds. The number of rotatable bonds is 3. The quantitative estimate of drug-likeness (QED) is 0.549. The van der Waals surface area contributed by atoms with Crippen molar-refractivity contribution in [3.05, 3.63) is 71.9 Å². The van der Waals surface area contributed by atoms with Crippen LogP contribution in [0.4, 0.5) is 0 Å². The van der Waals surface area contributed by atoms with Gasteiger partial charge >= 0.3 is 0 Å². The van der Waals surface area contributed by atoms with Crippen molar-refractivity contribution in [1.82, 2.24) is 9.55 Å². The zero-order valence-corrected chi connectivity index (χ0v) is 11.9. The summed E-state index contributed by atoms with van der Waals surface area (Å²) < 4.78 is 7.72. The first-order chi connectivity index (χ1) is 10.4. The third kappa shape index (κ3) is 2.30. The second-order valence-electron chi connectivity index (χ2n) is 4.61. The molecule has 3 nitrogen and oxygen atoms in total. The number of aromatic nitrogens is 2. The van der Waals surface area contributed by atoms with Gasteiger partial charge in [0.15, 0.2) is 0 Å². The first-order valence-electron chi connectivity index (χ1n) is 6.53. The van der Waals surface area contributed by atoms with E-state index < -0.39 is 0 Å². The van der Waals surface area contributed by atoms with Crippen molar-refractivity contribution in [1.29, 1.82) is 0 Å². The molecule has 21 heavy (non-hydrogen) atoms. The monoisotopic (exact) mass is 291 g/mol. The van der Waals surface area contributed by atoms with Crippen molar-refractivity contribution in [2.24, 2.45) is 0 Å². The summed E-state index contributed by atoms with van der Waals surface area (Å²) >= 11 is 1.69. The van der Waals surface area contributed by atoms with Crippen LogP contribution in [0, 0.1) is 6.07 Å². The molecule has 0 N–H and O–H groups in total. The molecule has 4 rings (SSSR count). The average molecular weight is 291 g/mol. The summed E-state index contributed by atoms with van der Waals surface area (Å²) in [4.78, 5) is 4.02. The molecule has 0 aliphatic carbocycles. The van der Waals surface area contributed by atoms with Crippen LogP contribution in [-0.4, -0.2) is 9.55 Å². The summed E-state index contributed by atoms with van der Waals surface area (Å²) in [6, 6.07) is 15.3. The maximum Gasteiger partial charge on any atom is 0.205 e. The Labute approximate surface area is 126 Å². The first-order valence-corrected chi connectivity index (χ1v) is 7.47. The molecule has 0 saturated heterocycles. The molecular formula is C17H11N2OS. The van der Waals surface area contributed by atoms with E-state index in [9.17, 15) is 0 Å². The zero-order valence-electron chi connectivity index (χ0n) is 11.1. The number of furan rings is 1. The van der Waals surface area contributed by atoms with E-state index in [2.05, 4.69) is 40.0 Å². The van der Waals surface area contributed by atoms with E-state index in [1.54, 1.807) is 23.9 Å². The smallest absolute Gasteiger partial charge is 0.205 e. The summed E-state index contributed by atoms with van der Waals surface area (Å²) in [6.45, 7) is 0. The molecule has 4 aromatic rings. The van der Waals surface area contributed by atoms with Crippen LogP contribution in [0.5, 0.6) is 0 Å². The first kappa shape index (κ1) is 12.2. The fourth-order valence-electron chi connectivity index (χ4n) is 2.22. The average Bonchev–Trinajstić information content (AvgIpc) is 3.26. The molecule has 0 bridgehead atoms. The maximum atomic E-state index is 5.88. The molecule has 3 heterocycles. The van der Waals surface area contributed by atoms with E-state index in [-0.39, 0.29) is 0 Å². The van der Waals surface area contributed by atoms with Gasteiger partial charge < -0.3 is 4.42 Å². The Balaban J connectivity index is 1.72. The van der Waals surface area contributed by atoms with Crippen molar-refractivity contribution < 1.29 is 4.42 Å². The summed E-state index contributed by atoms with van der Waals surface area (Å²) in [5.41, 5.74) is 3.34. The zero-order chi connectivity index (χ0) is 14.1. The molecule has 0 unspecified atom stereocenters. The Morgan fingerprint density at radius 1 is 1.14 bits per heavy atom. The van der Waals surface area contributed by atoms with Gasteiger partial charge in [0.05, 0.1) is 0 Å². The number of benzene rings is 1. The number of nitrogens with zero attached hydrogens (tertiary/aromatic N) is 2. The van der Waals surface area contributed by atoms with Gasteiger partial charge in [-0.1, -0.05) is 12.1 Å². The Morgan fingerprint density at radius 2 is 2.14 bits per heavy atom. The molecule has 1 aromatic carbocycles. The van der Waals surface area contributed by atoms with Gasteiger partial charge in [-0.15, -0.1) is 0 Å². The highest BCUT2D eigenvalue weighted by molar-refractivity contribution is 7.08. The molecule has 3 aromatic heterocycles. The lowest BCUT2D eigenvalue weighted by Gasteiger charge is -2.01. The Kier molecular flexibility index (Phi) is 2.94. The largest absolute Gasteiger partial charge is 0.440 e. The lowest BCUT2D eigenvalue weighted by molar-refractivity contribution is 0.551. The van der Waals surface area contributed by atoms with Crippen molar-refractivity contribution in [3.63, 3.8) is 0 Å². The van der Waals surface area contributed by atoms with Crippen molar-refractivity contribution in [2.75, 3.05) is 0 Å². The fraction of sp³-hybridized carbons (Fsp3) is 0. The van der Waals surface area contributed by atoms with E-state index in [1.807, 2.05) is 29.0 Å². The molecule has 0 spiro atoms. The van der Waals surface area contributed by atoms with E-state index in [4.69, 9.17) is 4.42 Å². The summed E-state index contributed by atoms with van der Waals surface area (Å²) in [5.74, 6) is 1.55. The van der Waals surface area contributed by atoms with Gasteiger partial charge in [0.2, 0.25) is 5.88 Å². The van der Waals surface area contributed by atoms with Crippen LogP contribution in [0.15, 0.2) is 70.3 Å². The van der Waals surface area contributed by atoms with Gasteiger partial charge in [0.1, 0.15) is 12.1 Å². The number of hydrogen-bond acceptors (Lipinski definition) is 3.